The molecular formula is C14H15NO5. The summed E-state index contributed by atoms with van der Waals surface area (Å²) in [6, 6.07) is 8.31. The number of rotatable bonds is 4. The van der Waals surface area contributed by atoms with E-state index < -0.39 is 17.8 Å². The van der Waals surface area contributed by atoms with Gasteiger partial charge in [-0.05, 0) is 5.56 Å². The van der Waals surface area contributed by atoms with Crippen LogP contribution >= 0.6 is 0 Å². The molecule has 1 aliphatic rings. The Labute approximate surface area is 116 Å². The van der Waals surface area contributed by atoms with Gasteiger partial charge >= 0.3 is 11.9 Å². The molecule has 0 spiro atoms. The quantitative estimate of drug-likeness (QED) is 0.476. The molecule has 1 fully saturated rings. The lowest BCUT2D eigenvalue weighted by atomic mass is 9.98. The highest BCUT2D eigenvalue weighted by atomic mass is 16.6. The molecular weight excluding hydrogens is 262 g/mol. The molecule has 1 aromatic carbocycles. The summed E-state index contributed by atoms with van der Waals surface area (Å²) >= 11 is 0. The van der Waals surface area contributed by atoms with E-state index in [0.29, 0.717) is 31.6 Å². The van der Waals surface area contributed by atoms with E-state index in [9.17, 15) is 14.5 Å². The van der Waals surface area contributed by atoms with E-state index >= 15 is 0 Å². The van der Waals surface area contributed by atoms with Gasteiger partial charge in [-0.25, -0.2) is 0 Å². The third-order valence-electron chi connectivity index (χ3n) is 3.16. The number of amides is 1. The zero-order chi connectivity index (χ0) is 14.4. The van der Waals surface area contributed by atoms with Gasteiger partial charge in [0.2, 0.25) is 0 Å². The fourth-order valence-corrected chi connectivity index (χ4v) is 2.10. The van der Waals surface area contributed by atoms with Crippen molar-refractivity contribution < 1.29 is 19.1 Å². The topological polar surface area (TPSA) is 82.0 Å². The average Bonchev–Trinajstić information content (AvgIpc) is 2.49. The summed E-state index contributed by atoms with van der Waals surface area (Å²) in [4.78, 5) is 34.2. The molecule has 2 rings (SSSR count). The molecule has 1 atom stereocenters. The molecule has 1 aliphatic heterocycles. The van der Waals surface area contributed by atoms with Gasteiger partial charge < -0.3 is 9.47 Å². The van der Waals surface area contributed by atoms with Crippen LogP contribution in [0.3, 0.4) is 0 Å². The zero-order valence-corrected chi connectivity index (χ0v) is 10.9. The number of ether oxygens (including phenoxy) is 2. The van der Waals surface area contributed by atoms with E-state index in [1.165, 1.54) is 0 Å². The van der Waals surface area contributed by atoms with Gasteiger partial charge in [0.1, 0.15) is 6.10 Å². The summed E-state index contributed by atoms with van der Waals surface area (Å²) in [5.41, 5.74) is 0.411. The van der Waals surface area contributed by atoms with Crippen molar-refractivity contribution in [2.75, 3.05) is 13.2 Å². The highest BCUT2D eigenvalue weighted by Gasteiger charge is 2.33. The smallest absolute Gasteiger partial charge is 0.323 e. The molecule has 0 radical (unpaired) electrons. The SMILES string of the molecule is O=NC(=O)C(C(=O)OC1CCOCC1)c1ccccc1. The molecule has 0 N–H and O–H groups in total. The highest BCUT2D eigenvalue weighted by Crippen LogP contribution is 2.22. The van der Waals surface area contributed by atoms with Gasteiger partial charge in [-0.1, -0.05) is 30.3 Å². The van der Waals surface area contributed by atoms with Crippen molar-refractivity contribution in [2.24, 2.45) is 5.18 Å². The molecule has 1 amide bonds. The number of nitroso groups, excluding NO2 is 1. The Balaban J connectivity index is 2.12. The number of esters is 1. The van der Waals surface area contributed by atoms with Gasteiger partial charge in [-0.2, -0.15) is 0 Å². The fourth-order valence-electron chi connectivity index (χ4n) is 2.10. The van der Waals surface area contributed by atoms with E-state index in [4.69, 9.17) is 9.47 Å². The molecule has 0 saturated carbocycles. The molecule has 6 heteroatoms. The predicted molar refractivity (Wildman–Crippen MR) is 69.9 cm³/mol. The van der Waals surface area contributed by atoms with Gasteiger partial charge in [0.25, 0.3) is 0 Å². The standard InChI is InChI=1S/C14H15NO5/c16-13(15-18)12(10-4-2-1-3-5-10)14(17)20-11-6-8-19-9-7-11/h1-5,11-12H,6-9H2. The van der Waals surface area contributed by atoms with Crippen LogP contribution in [0.5, 0.6) is 0 Å². The van der Waals surface area contributed by atoms with Crippen LogP contribution in [0.4, 0.5) is 0 Å². The van der Waals surface area contributed by atoms with Crippen LogP contribution in [0, 0.1) is 4.91 Å². The van der Waals surface area contributed by atoms with E-state index in [1.54, 1.807) is 30.3 Å². The second-order valence-corrected chi connectivity index (χ2v) is 4.52. The molecule has 1 unspecified atom stereocenters. The maximum Gasteiger partial charge on any atom is 0.323 e. The number of benzene rings is 1. The predicted octanol–water partition coefficient (Wildman–Crippen LogP) is 1.79. The normalized spacial score (nSPS) is 17.2. The Morgan fingerprint density at radius 1 is 1.20 bits per heavy atom. The first-order valence-corrected chi connectivity index (χ1v) is 6.42. The number of carbonyl (C=O) groups excluding carboxylic acids is 2. The minimum absolute atomic E-state index is 0.276. The van der Waals surface area contributed by atoms with Gasteiger partial charge in [-0.3, -0.25) is 9.59 Å². The van der Waals surface area contributed by atoms with Gasteiger partial charge in [-0.15, -0.1) is 4.91 Å². The second-order valence-electron chi connectivity index (χ2n) is 4.52. The van der Waals surface area contributed by atoms with Crippen LogP contribution < -0.4 is 0 Å². The first kappa shape index (κ1) is 14.3. The van der Waals surface area contributed by atoms with Crippen LogP contribution in [-0.2, 0) is 19.1 Å². The minimum atomic E-state index is -1.28. The third kappa shape index (κ3) is 3.48. The maximum atomic E-state index is 12.1. The largest absolute Gasteiger partial charge is 0.461 e. The van der Waals surface area contributed by atoms with Gasteiger partial charge in [0.15, 0.2) is 5.92 Å². The van der Waals surface area contributed by atoms with Crippen molar-refractivity contribution in [1.82, 2.24) is 0 Å². The summed E-state index contributed by atoms with van der Waals surface area (Å²) < 4.78 is 10.5. The monoisotopic (exact) mass is 277 g/mol. The van der Waals surface area contributed by atoms with Crippen LogP contribution in [0.1, 0.15) is 24.3 Å². The van der Waals surface area contributed by atoms with Crippen molar-refractivity contribution in [2.45, 2.75) is 24.9 Å². The summed E-state index contributed by atoms with van der Waals surface area (Å²) in [5.74, 6) is -3.04. The Morgan fingerprint density at radius 3 is 2.45 bits per heavy atom. The van der Waals surface area contributed by atoms with Crippen molar-refractivity contribution in [3.05, 3.63) is 40.8 Å². The summed E-state index contributed by atoms with van der Waals surface area (Å²) in [7, 11) is 0. The number of hydrogen-bond donors (Lipinski definition) is 0. The fraction of sp³-hybridized carbons (Fsp3) is 0.429. The molecule has 1 saturated heterocycles. The van der Waals surface area contributed by atoms with E-state index in [1.807, 2.05) is 0 Å². The Bertz CT molecular complexity index is 482. The lowest BCUT2D eigenvalue weighted by Crippen LogP contribution is -2.31. The zero-order valence-electron chi connectivity index (χ0n) is 10.9. The minimum Gasteiger partial charge on any atom is -0.461 e. The Morgan fingerprint density at radius 2 is 1.85 bits per heavy atom. The first-order valence-electron chi connectivity index (χ1n) is 6.42. The molecule has 1 aromatic rings. The molecule has 106 valence electrons. The van der Waals surface area contributed by atoms with Crippen LogP contribution in [0.15, 0.2) is 35.5 Å². The lowest BCUT2D eigenvalue weighted by Gasteiger charge is -2.23. The molecule has 0 aliphatic carbocycles. The van der Waals surface area contributed by atoms with Crippen molar-refractivity contribution in [1.29, 1.82) is 0 Å². The van der Waals surface area contributed by atoms with Crippen molar-refractivity contribution >= 4 is 11.9 Å². The van der Waals surface area contributed by atoms with E-state index in [-0.39, 0.29) is 6.10 Å². The maximum absolute atomic E-state index is 12.1. The van der Waals surface area contributed by atoms with Crippen LogP contribution in [0.25, 0.3) is 0 Å². The van der Waals surface area contributed by atoms with E-state index in [2.05, 4.69) is 5.18 Å². The Hall–Kier alpha value is -2.08. The van der Waals surface area contributed by atoms with Crippen LogP contribution in [0.2, 0.25) is 0 Å². The molecule has 0 bridgehead atoms. The van der Waals surface area contributed by atoms with Crippen LogP contribution in [-0.4, -0.2) is 31.2 Å². The Kier molecular flexibility index (Phi) is 4.95. The molecule has 20 heavy (non-hydrogen) atoms. The third-order valence-corrected chi connectivity index (χ3v) is 3.16. The number of carbonyl (C=O) groups is 2. The lowest BCUT2D eigenvalue weighted by molar-refractivity contribution is -0.156. The highest BCUT2D eigenvalue weighted by molar-refractivity contribution is 6.03. The summed E-state index contributed by atoms with van der Waals surface area (Å²) in [6.45, 7) is 1.04. The average molecular weight is 277 g/mol. The van der Waals surface area contributed by atoms with E-state index in [0.717, 1.165) is 0 Å². The molecule has 1 heterocycles. The first-order chi connectivity index (χ1) is 9.72. The van der Waals surface area contributed by atoms with Crippen molar-refractivity contribution in [3.8, 4) is 0 Å². The molecule has 6 nitrogen and oxygen atoms in total. The van der Waals surface area contributed by atoms with Crippen molar-refractivity contribution in [3.63, 3.8) is 0 Å². The number of hydrogen-bond acceptors (Lipinski definition) is 5. The molecule has 0 aromatic heterocycles. The second kappa shape index (κ2) is 6.91. The van der Waals surface area contributed by atoms with Gasteiger partial charge in [0.05, 0.1) is 13.2 Å². The summed E-state index contributed by atoms with van der Waals surface area (Å²) in [6.07, 6.45) is 0.910. The summed E-state index contributed by atoms with van der Waals surface area (Å²) in [5, 5.41) is 2.36. The van der Waals surface area contributed by atoms with Gasteiger partial charge in [0, 0.05) is 18.0 Å². The number of nitrogens with zero attached hydrogens (tertiary/aromatic N) is 1.